The molecule has 0 aromatic heterocycles. The van der Waals surface area contributed by atoms with Gasteiger partial charge in [0.25, 0.3) is 0 Å². The second-order valence-electron chi connectivity index (χ2n) is 7.00. The van der Waals surface area contributed by atoms with Crippen molar-refractivity contribution in [2.24, 2.45) is 11.8 Å². The Labute approximate surface area is 125 Å². The van der Waals surface area contributed by atoms with Crippen molar-refractivity contribution < 1.29 is 8.42 Å². The Balaban J connectivity index is 2.85. The predicted octanol–water partition coefficient (Wildman–Crippen LogP) is 3.39. The van der Waals surface area contributed by atoms with Crippen LogP contribution >= 0.6 is 0 Å². The highest BCUT2D eigenvalue weighted by Crippen LogP contribution is 2.37. The Morgan fingerprint density at radius 3 is 2.10 bits per heavy atom. The molecule has 20 heavy (non-hydrogen) atoms. The van der Waals surface area contributed by atoms with Gasteiger partial charge in [0.05, 0.1) is 4.75 Å². The van der Waals surface area contributed by atoms with E-state index >= 15 is 0 Å². The molecule has 1 aliphatic rings. The fourth-order valence-corrected chi connectivity index (χ4v) is 4.18. The molecule has 3 nitrogen and oxygen atoms in total. The van der Waals surface area contributed by atoms with Gasteiger partial charge in [-0.15, -0.1) is 0 Å². The lowest BCUT2D eigenvalue weighted by Crippen LogP contribution is -2.56. The minimum atomic E-state index is -3.06. The van der Waals surface area contributed by atoms with Crippen molar-refractivity contribution >= 4 is 9.84 Å². The second kappa shape index (κ2) is 7.26. The van der Waals surface area contributed by atoms with Crippen LogP contribution in [0.2, 0.25) is 0 Å². The van der Waals surface area contributed by atoms with E-state index in [2.05, 4.69) is 19.2 Å². The highest BCUT2D eigenvalue weighted by Gasteiger charge is 2.43. The summed E-state index contributed by atoms with van der Waals surface area (Å²) >= 11 is 0. The molecule has 0 bridgehead atoms. The lowest BCUT2D eigenvalue weighted by molar-refractivity contribution is 0.194. The van der Waals surface area contributed by atoms with E-state index in [0.717, 1.165) is 18.9 Å². The van der Waals surface area contributed by atoms with Crippen molar-refractivity contribution in [3.8, 4) is 0 Å². The molecular weight excluding hydrogens is 270 g/mol. The first-order valence-corrected chi connectivity index (χ1v) is 10.1. The molecule has 1 saturated carbocycles. The number of hydrogen-bond acceptors (Lipinski definition) is 3. The number of hydrogen-bond donors (Lipinski definition) is 1. The molecule has 1 fully saturated rings. The van der Waals surface area contributed by atoms with Crippen LogP contribution < -0.4 is 5.32 Å². The minimum absolute atomic E-state index is 0.0789. The van der Waals surface area contributed by atoms with Gasteiger partial charge in [-0.05, 0) is 51.5 Å². The van der Waals surface area contributed by atoms with Crippen LogP contribution in [-0.2, 0) is 9.84 Å². The van der Waals surface area contributed by atoms with Crippen LogP contribution in [0, 0.1) is 11.8 Å². The van der Waals surface area contributed by atoms with Gasteiger partial charge < -0.3 is 5.32 Å². The quantitative estimate of drug-likeness (QED) is 0.784. The van der Waals surface area contributed by atoms with E-state index in [-0.39, 0.29) is 6.04 Å². The average molecular weight is 304 g/mol. The third-order valence-corrected chi connectivity index (χ3v) is 7.42. The zero-order chi connectivity index (χ0) is 15.4. The van der Waals surface area contributed by atoms with Gasteiger partial charge in [-0.3, -0.25) is 0 Å². The molecule has 0 aromatic carbocycles. The lowest BCUT2D eigenvalue weighted by atomic mass is 9.74. The van der Waals surface area contributed by atoms with E-state index in [1.165, 1.54) is 38.4 Å². The first-order valence-electron chi connectivity index (χ1n) is 8.17. The van der Waals surface area contributed by atoms with Gasteiger partial charge >= 0.3 is 0 Å². The van der Waals surface area contributed by atoms with E-state index in [1.807, 2.05) is 13.8 Å². The van der Waals surface area contributed by atoms with Gasteiger partial charge in [0.2, 0.25) is 0 Å². The van der Waals surface area contributed by atoms with Crippen molar-refractivity contribution in [2.75, 3.05) is 12.8 Å². The molecule has 1 N–H and O–H groups in total. The molecule has 0 radical (unpaired) electrons. The summed E-state index contributed by atoms with van der Waals surface area (Å²) in [6.07, 6.45) is 8.52. The largest absolute Gasteiger partial charge is 0.312 e. The molecular formula is C16H33NO2S. The topological polar surface area (TPSA) is 46.2 Å². The van der Waals surface area contributed by atoms with Gasteiger partial charge in [0, 0.05) is 12.3 Å². The summed E-state index contributed by atoms with van der Waals surface area (Å²) in [4.78, 5) is 0. The van der Waals surface area contributed by atoms with Gasteiger partial charge in [0.1, 0.15) is 0 Å². The number of nitrogens with one attached hydrogen (secondary N) is 1. The van der Waals surface area contributed by atoms with Crippen LogP contribution in [0.3, 0.4) is 0 Å². The Bertz CT molecular complexity index is 381. The zero-order valence-electron chi connectivity index (χ0n) is 13.9. The van der Waals surface area contributed by atoms with Crippen molar-refractivity contribution in [1.29, 1.82) is 0 Å². The van der Waals surface area contributed by atoms with E-state index < -0.39 is 14.6 Å². The lowest BCUT2D eigenvalue weighted by Gasteiger charge is -2.42. The maximum absolute atomic E-state index is 12.2. The summed E-state index contributed by atoms with van der Waals surface area (Å²) in [6.45, 7) is 9.07. The third kappa shape index (κ3) is 4.20. The molecule has 4 heteroatoms. The molecule has 1 unspecified atom stereocenters. The van der Waals surface area contributed by atoms with Crippen LogP contribution in [0.5, 0.6) is 0 Å². The summed E-state index contributed by atoms with van der Waals surface area (Å²) < 4.78 is 23.7. The van der Waals surface area contributed by atoms with Crippen LogP contribution in [0.1, 0.15) is 66.2 Å². The van der Waals surface area contributed by atoms with Crippen LogP contribution in [-0.4, -0.2) is 32.0 Å². The first-order chi connectivity index (χ1) is 9.24. The number of rotatable bonds is 7. The van der Waals surface area contributed by atoms with Crippen LogP contribution in [0.25, 0.3) is 0 Å². The summed E-state index contributed by atoms with van der Waals surface area (Å²) in [7, 11) is -3.06. The Morgan fingerprint density at radius 2 is 1.70 bits per heavy atom. The molecule has 0 heterocycles. The Kier molecular flexibility index (Phi) is 6.52. The second-order valence-corrected chi connectivity index (χ2v) is 9.59. The maximum atomic E-state index is 12.2. The summed E-state index contributed by atoms with van der Waals surface area (Å²) in [6, 6.07) is 0.0789. The first kappa shape index (κ1) is 18.0. The van der Waals surface area contributed by atoms with Crippen molar-refractivity contribution in [2.45, 2.75) is 77.0 Å². The normalized spacial score (nSPS) is 26.4. The molecule has 0 amide bonds. The van der Waals surface area contributed by atoms with E-state index in [9.17, 15) is 8.42 Å². The number of sulfone groups is 1. The van der Waals surface area contributed by atoms with E-state index in [4.69, 9.17) is 0 Å². The average Bonchev–Trinajstić information content (AvgIpc) is 2.38. The van der Waals surface area contributed by atoms with Gasteiger partial charge in [-0.25, -0.2) is 8.42 Å². The summed E-state index contributed by atoms with van der Waals surface area (Å²) in [5.74, 6) is 1.34. The van der Waals surface area contributed by atoms with Crippen LogP contribution in [0.4, 0.5) is 0 Å². The zero-order valence-corrected chi connectivity index (χ0v) is 14.7. The van der Waals surface area contributed by atoms with Crippen molar-refractivity contribution in [3.05, 3.63) is 0 Å². The SMILES string of the molecule is CCCNC(C1CCC(CC)CC1)C(C)(C)S(C)(=O)=O. The van der Waals surface area contributed by atoms with Crippen LogP contribution in [0.15, 0.2) is 0 Å². The smallest absolute Gasteiger partial charge is 0.154 e. The molecule has 1 aliphatic carbocycles. The summed E-state index contributed by atoms with van der Waals surface area (Å²) in [5.41, 5.74) is 0. The van der Waals surface area contributed by atoms with Gasteiger partial charge in [-0.1, -0.05) is 33.1 Å². The highest BCUT2D eigenvalue weighted by molar-refractivity contribution is 7.92. The third-order valence-electron chi connectivity index (χ3n) is 5.26. The monoisotopic (exact) mass is 303 g/mol. The molecule has 1 atom stereocenters. The summed E-state index contributed by atoms with van der Waals surface area (Å²) in [5, 5.41) is 3.54. The molecule has 0 spiro atoms. The van der Waals surface area contributed by atoms with E-state index in [0.29, 0.717) is 5.92 Å². The molecule has 1 rings (SSSR count). The minimum Gasteiger partial charge on any atom is -0.312 e. The fourth-order valence-electron chi connectivity index (χ4n) is 3.44. The molecule has 0 saturated heterocycles. The van der Waals surface area contributed by atoms with Crippen molar-refractivity contribution in [1.82, 2.24) is 5.32 Å². The van der Waals surface area contributed by atoms with Gasteiger partial charge in [0.15, 0.2) is 9.84 Å². The molecule has 0 aliphatic heterocycles. The van der Waals surface area contributed by atoms with E-state index in [1.54, 1.807) is 0 Å². The Morgan fingerprint density at radius 1 is 1.15 bits per heavy atom. The van der Waals surface area contributed by atoms with Crippen molar-refractivity contribution in [3.63, 3.8) is 0 Å². The molecule has 120 valence electrons. The van der Waals surface area contributed by atoms with Gasteiger partial charge in [-0.2, -0.15) is 0 Å². The highest BCUT2D eigenvalue weighted by atomic mass is 32.2. The Hall–Kier alpha value is -0.0900. The standard InChI is InChI=1S/C16H33NO2S/c1-6-12-17-15(16(3,4)20(5,18)19)14-10-8-13(7-2)9-11-14/h13-15,17H,6-12H2,1-5H3. The predicted molar refractivity (Wildman–Crippen MR) is 86.7 cm³/mol. The maximum Gasteiger partial charge on any atom is 0.154 e. The fraction of sp³-hybridized carbons (Fsp3) is 1.00. The molecule has 0 aromatic rings.